The standard InChI is InChI=1S/C9H18N4O2/c1-5-6-12-8(13(14)15)11(7-10-12)9(2,3)4/h7-8H,5-6H2,1-4H3. The highest BCUT2D eigenvalue weighted by Gasteiger charge is 2.42. The van der Waals surface area contributed by atoms with Crippen molar-refractivity contribution in [2.45, 2.75) is 45.9 Å². The van der Waals surface area contributed by atoms with Crippen molar-refractivity contribution in [1.29, 1.82) is 0 Å². The fraction of sp³-hybridized carbons (Fsp3) is 0.889. The highest BCUT2D eigenvalue weighted by molar-refractivity contribution is 5.57. The molecule has 0 aromatic rings. The average Bonchev–Trinajstić information content (AvgIpc) is 2.47. The summed E-state index contributed by atoms with van der Waals surface area (Å²) in [7, 11) is 0. The Bertz CT molecular complexity index is 272. The third kappa shape index (κ3) is 2.37. The van der Waals surface area contributed by atoms with E-state index in [1.165, 1.54) is 5.01 Å². The molecule has 0 saturated carbocycles. The lowest BCUT2D eigenvalue weighted by molar-refractivity contribution is -0.574. The number of rotatable bonds is 3. The molecule has 1 aliphatic heterocycles. The summed E-state index contributed by atoms with van der Waals surface area (Å²) in [4.78, 5) is 12.4. The van der Waals surface area contributed by atoms with Crippen molar-refractivity contribution >= 4 is 6.34 Å². The fourth-order valence-electron chi connectivity index (χ4n) is 1.52. The molecule has 1 aliphatic rings. The SMILES string of the molecule is CCCN1N=CN(C(C)(C)C)C1[N+](=O)[O-]. The lowest BCUT2D eigenvalue weighted by Crippen LogP contribution is -2.53. The van der Waals surface area contributed by atoms with Crippen LogP contribution >= 0.6 is 0 Å². The van der Waals surface area contributed by atoms with Crippen LogP contribution in [0.1, 0.15) is 34.1 Å². The predicted molar refractivity (Wildman–Crippen MR) is 57.9 cm³/mol. The van der Waals surface area contributed by atoms with E-state index in [1.807, 2.05) is 27.7 Å². The van der Waals surface area contributed by atoms with Gasteiger partial charge in [-0.3, -0.25) is 15.0 Å². The van der Waals surface area contributed by atoms with Gasteiger partial charge in [0, 0.05) is 12.1 Å². The summed E-state index contributed by atoms with van der Waals surface area (Å²) in [5, 5.41) is 16.6. The van der Waals surface area contributed by atoms with Gasteiger partial charge in [0.15, 0.2) is 0 Å². The Morgan fingerprint density at radius 1 is 1.53 bits per heavy atom. The van der Waals surface area contributed by atoms with Crippen molar-refractivity contribution in [1.82, 2.24) is 9.91 Å². The topological polar surface area (TPSA) is 62.0 Å². The minimum atomic E-state index is -0.857. The van der Waals surface area contributed by atoms with Gasteiger partial charge in [0.25, 0.3) is 0 Å². The summed E-state index contributed by atoms with van der Waals surface area (Å²) in [6.45, 7) is 8.39. The predicted octanol–water partition coefficient (Wildman–Crippen LogP) is 1.32. The normalized spacial score (nSPS) is 21.2. The molecule has 0 aliphatic carbocycles. The number of hydrogen-bond donors (Lipinski definition) is 0. The Morgan fingerprint density at radius 2 is 2.13 bits per heavy atom. The Balaban J connectivity index is 2.85. The van der Waals surface area contributed by atoms with Crippen LogP contribution in [0.2, 0.25) is 0 Å². The Hall–Kier alpha value is -1.33. The van der Waals surface area contributed by atoms with Gasteiger partial charge in [-0.15, -0.1) is 0 Å². The molecule has 0 saturated heterocycles. The molecule has 1 unspecified atom stereocenters. The molecule has 6 heteroatoms. The third-order valence-electron chi connectivity index (χ3n) is 2.26. The summed E-state index contributed by atoms with van der Waals surface area (Å²) >= 11 is 0. The van der Waals surface area contributed by atoms with Crippen LogP contribution in [0.25, 0.3) is 0 Å². The molecule has 1 rings (SSSR count). The van der Waals surface area contributed by atoms with Crippen LogP contribution in [-0.2, 0) is 0 Å². The summed E-state index contributed by atoms with van der Waals surface area (Å²) in [5.74, 6) is 0. The van der Waals surface area contributed by atoms with Gasteiger partial charge in [-0.05, 0) is 27.2 Å². The second-order valence-electron chi connectivity index (χ2n) is 4.60. The van der Waals surface area contributed by atoms with Crippen LogP contribution in [0.5, 0.6) is 0 Å². The van der Waals surface area contributed by atoms with Crippen LogP contribution in [0, 0.1) is 10.1 Å². The smallest absolute Gasteiger partial charge is 0.274 e. The quantitative estimate of drug-likeness (QED) is 0.525. The zero-order valence-corrected chi connectivity index (χ0v) is 9.67. The van der Waals surface area contributed by atoms with Gasteiger partial charge in [-0.2, -0.15) is 5.10 Å². The zero-order valence-electron chi connectivity index (χ0n) is 9.67. The van der Waals surface area contributed by atoms with Crippen molar-refractivity contribution in [3.05, 3.63) is 10.1 Å². The minimum Gasteiger partial charge on any atom is -0.274 e. The molecule has 1 heterocycles. The maximum absolute atomic E-state index is 11.0. The van der Waals surface area contributed by atoms with Crippen molar-refractivity contribution in [2.24, 2.45) is 5.10 Å². The van der Waals surface area contributed by atoms with E-state index in [0.717, 1.165) is 6.42 Å². The molecule has 1 atom stereocenters. The van der Waals surface area contributed by atoms with E-state index < -0.39 is 6.29 Å². The second kappa shape index (κ2) is 4.04. The van der Waals surface area contributed by atoms with Gasteiger partial charge in [0.1, 0.15) is 6.34 Å². The van der Waals surface area contributed by atoms with Crippen LogP contribution in [0.3, 0.4) is 0 Å². The second-order valence-corrected chi connectivity index (χ2v) is 4.60. The van der Waals surface area contributed by atoms with Crippen LogP contribution in [0.15, 0.2) is 5.10 Å². The van der Waals surface area contributed by atoms with Crippen molar-refractivity contribution < 1.29 is 4.92 Å². The van der Waals surface area contributed by atoms with Crippen LogP contribution in [-0.4, -0.2) is 39.5 Å². The molecule has 0 bridgehead atoms. The van der Waals surface area contributed by atoms with Crippen LogP contribution in [0.4, 0.5) is 0 Å². The van der Waals surface area contributed by atoms with E-state index in [2.05, 4.69) is 5.10 Å². The monoisotopic (exact) mass is 214 g/mol. The van der Waals surface area contributed by atoms with Gasteiger partial charge in [-0.1, -0.05) is 6.92 Å². The van der Waals surface area contributed by atoms with E-state index >= 15 is 0 Å². The summed E-state index contributed by atoms with van der Waals surface area (Å²) in [6.07, 6.45) is 1.55. The van der Waals surface area contributed by atoms with E-state index in [1.54, 1.807) is 11.2 Å². The van der Waals surface area contributed by atoms with E-state index in [4.69, 9.17) is 0 Å². The molecule has 0 spiro atoms. The molecule has 86 valence electrons. The van der Waals surface area contributed by atoms with Crippen molar-refractivity contribution in [3.63, 3.8) is 0 Å². The highest BCUT2D eigenvalue weighted by Crippen LogP contribution is 2.22. The average molecular weight is 214 g/mol. The van der Waals surface area contributed by atoms with Gasteiger partial charge < -0.3 is 0 Å². The molecule has 0 aromatic carbocycles. The first-order valence-electron chi connectivity index (χ1n) is 5.10. The molecule has 15 heavy (non-hydrogen) atoms. The first-order chi connectivity index (χ1) is 6.88. The fourth-order valence-corrected chi connectivity index (χ4v) is 1.52. The number of nitrogens with zero attached hydrogens (tertiary/aromatic N) is 4. The maximum atomic E-state index is 11.0. The highest BCUT2D eigenvalue weighted by atomic mass is 16.6. The molecule has 6 nitrogen and oxygen atoms in total. The summed E-state index contributed by atoms with van der Waals surface area (Å²) in [6, 6.07) is 0. The molecule has 0 amide bonds. The largest absolute Gasteiger partial charge is 0.384 e. The Morgan fingerprint density at radius 3 is 2.53 bits per heavy atom. The van der Waals surface area contributed by atoms with Gasteiger partial charge in [0.2, 0.25) is 0 Å². The molecule has 0 radical (unpaired) electrons. The Kier molecular flexibility index (Phi) is 3.16. The lowest BCUT2D eigenvalue weighted by atomic mass is 10.1. The molecule has 0 fully saturated rings. The summed E-state index contributed by atoms with van der Waals surface area (Å²) in [5.41, 5.74) is -0.288. The number of hydrazone groups is 1. The first-order valence-corrected chi connectivity index (χ1v) is 5.10. The van der Waals surface area contributed by atoms with Gasteiger partial charge in [0.05, 0.1) is 4.92 Å². The van der Waals surface area contributed by atoms with E-state index in [-0.39, 0.29) is 10.5 Å². The van der Waals surface area contributed by atoms with Gasteiger partial charge in [-0.25, -0.2) is 5.01 Å². The minimum absolute atomic E-state index is 0.288. The molecular weight excluding hydrogens is 196 g/mol. The van der Waals surface area contributed by atoms with Crippen molar-refractivity contribution in [2.75, 3.05) is 6.54 Å². The van der Waals surface area contributed by atoms with Crippen molar-refractivity contribution in [3.8, 4) is 0 Å². The Labute approximate surface area is 89.7 Å². The third-order valence-corrected chi connectivity index (χ3v) is 2.26. The number of hydrogen-bond acceptors (Lipinski definition) is 5. The maximum Gasteiger partial charge on any atom is 0.384 e. The van der Waals surface area contributed by atoms with Crippen LogP contribution < -0.4 is 0 Å². The first kappa shape index (κ1) is 11.7. The van der Waals surface area contributed by atoms with Gasteiger partial charge >= 0.3 is 6.29 Å². The van der Waals surface area contributed by atoms with E-state index in [9.17, 15) is 10.1 Å². The number of nitro groups is 1. The molecular formula is C9H18N4O2. The molecule has 0 N–H and O–H groups in total. The summed E-state index contributed by atoms with van der Waals surface area (Å²) < 4.78 is 0. The molecule has 0 aromatic heterocycles. The van der Waals surface area contributed by atoms with E-state index in [0.29, 0.717) is 6.54 Å². The zero-order chi connectivity index (χ0) is 11.6. The lowest BCUT2D eigenvalue weighted by Gasteiger charge is -2.33.